The van der Waals surface area contributed by atoms with E-state index in [2.05, 4.69) is 20.9 Å². The van der Waals surface area contributed by atoms with E-state index in [1.54, 1.807) is 11.9 Å². The Labute approximate surface area is 190 Å². The number of halogens is 1. The van der Waals surface area contributed by atoms with E-state index in [9.17, 15) is 14.7 Å². The van der Waals surface area contributed by atoms with Crippen LogP contribution in [-0.4, -0.2) is 46.2 Å². The van der Waals surface area contributed by atoms with E-state index >= 15 is 0 Å². The van der Waals surface area contributed by atoms with Crippen LogP contribution in [0.1, 0.15) is 45.6 Å². The lowest BCUT2D eigenvalue weighted by Gasteiger charge is -2.54. The number of carbonyl (C=O) groups is 2. The molecule has 2 heterocycles. The summed E-state index contributed by atoms with van der Waals surface area (Å²) >= 11 is 3.57. The number of carboxylic acid groups (broad SMARTS) is 1. The molecule has 2 aliphatic rings. The molecule has 1 fully saturated rings. The van der Waals surface area contributed by atoms with Crippen LogP contribution in [0.3, 0.4) is 0 Å². The van der Waals surface area contributed by atoms with Gasteiger partial charge >= 0.3 is 6.09 Å². The minimum Gasteiger partial charge on any atom is -0.466 e. The van der Waals surface area contributed by atoms with Gasteiger partial charge < -0.3 is 14.7 Å². The highest BCUT2D eigenvalue weighted by molar-refractivity contribution is 9.10. The number of rotatable bonds is 3. The molecule has 7 nitrogen and oxygen atoms in total. The summed E-state index contributed by atoms with van der Waals surface area (Å²) in [6.07, 6.45) is 1.73. The third-order valence-electron chi connectivity index (χ3n) is 6.16. The molecule has 164 valence electrons. The Bertz CT molecular complexity index is 1040. The van der Waals surface area contributed by atoms with E-state index in [0.717, 1.165) is 34.9 Å². The highest BCUT2D eigenvalue weighted by Crippen LogP contribution is 2.50. The Morgan fingerprint density at radius 3 is 2.42 bits per heavy atom. The number of benzene rings is 1. The second kappa shape index (κ2) is 7.51. The number of nitrogens with zero attached hydrogens (tertiary/aromatic N) is 3. The number of fused-ring (bicyclic) bond motifs is 1. The van der Waals surface area contributed by atoms with Crippen LogP contribution in [0.2, 0.25) is 0 Å². The molecule has 1 saturated carbocycles. The Morgan fingerprint density at radius 2 is 1.90 bits per heavy atom. The zero-order valence-electron chi connectivity index (χ0n) is 18.1. The zero-order valence-corrected chi connectivity index (χ0v) is 19.7. The van der Waals surface area contributed by atoms with Crippen molar-refractivity contribution in [1.82, 2.24) is 9.88 Å². The van der Waals surface area contributed by atoms with Crippen molar-refractivity contribution in [3.63, 3.8) is 0 Å². The van der Waals surface area contributed by atoms with Crippen LogP contribution in [0.4, 0.5) is 10.5 Å². The van der Waals surface area contributed by atoms with Gasteiger partial charge in [-0.05, 0) is 67.6 Å². The molecule has 1 aromatic heterocycles. The maximum absolute atomic E-state index is 12.1. The van der Waals surface area contributed by atoms with Gasteiger partial charge in [-0.3, -0.25) is 9.69 Å². The van der Waals surface area contributed by atoms with E-state index in [4.69, 9.17) is 4.74 Å². The van der Waals surface area contributed by atoms with Crippen LogP contribution in [-0.2, 0) is 10.3 Å². The number of pyridine rings is 1. The van der Waals surface area contributed by atoms with Gasteiger partial charge in [0.15, 0.2) is 6.61 Å². The maximum Gasteiger partial charge on any atom is 0.408 e. The smallest absolute Gasteiger partial charge is 0.408 e. The minimum absolute atomic E-state index is 0.0309. The monoisotopic (exact) mass is 487 g/mol. The molecule has 0 spiro atoms. The predicted molar refractivity (Wildman–Crippen MR) is 121 cm³/mol. The molecular weight excluding hydrogens is 462 g/mol. The summed E-state index contributed by atoms with van der Waals surface area (Å²) < 4.78 is 6.28. The Hall–Kier alpha value is -2.61. The van der Waals surface area contributed by atoms with Crippen LogP contribution in [0, 0.1) is 0 Å². The molecule has 31 heavy (non-hydrogen) atoms. The molecule has 8 heteroatoms. The van der Waals surface area contributed by atoms with Crippen LogP contribution in [0.5, 0.6) is 5.88 Å². The van der Waals surface area contributed by atoms with Gasteiger partial charge in [-0.2, -0.15) is 0 Å². The maximum atomic E-state index is 12.1. The number of hydrogen-bond donors (Lipinski definition) is 1. The van der Waals surface area contributed by atoms with Crippen LogP contribution in [0.15, 0.2) is 34.8 Å². The lowest BCUT2D eigenvalue weighted by atomic mass is 9.69. The molecular formula is C23H26BrN3O4. The van der Waals surface area contributed by atoms with E-state index < -0.39 is 17.2 Å². The van der Waals surface area contributed by atoms with Gasteiger partial charge in [-0.25, -0.2) is 9.78 Å². The van der Waals surface area contributed by atoms with Gasteiger partial charge in [0, 0.05) is 22.6 Å². The topological polar surface area (TPSA) is 83.0 Å². The number of amides is 2. The molecule has 0 unspecified atom stereocenters. The van der Waals surface area contributed by atoms with Crippen molar-refractivity contribution >= 4 is 33.6 Å². The second-order valence-electron chi connectivity index (χ2n) is 9.14. The third kappa shape index (κ3) is 3.56. The van der Waals surface area contributed by atoms with E-state index in [-0.39, 0.29) is 12.5 Å². The lowest BCUT2D eigenvalue weighted by Crippen LogP contribution is -2.60. The molecule has 0 atom stereocenters. The van der Waals surface area contributed by atoms with Crippen LogP contribution < -0.4 is 9.64 Å². The van der Waals surface area contributed by atoms with E-state index in [1.165, 1.54) is 4.90 Å². The Kier molecular flexibility index (Phi) is 5.24. The summed E-state index contributed by atoms with van der Waals surface area (Å²) in [5.74, 6) is 0.301. The van der Waals surface area contributed by atoms with Gasteiger partial charge in [-0.1, -0.05) is 24.3 Å². The van der Waals surface area contributed by atoms with E-state index in [0.29, 0.717) is 17.3 Å². The minimum atomic E-state index is -0.897. The van der Waals surface area contributed by atoms with Crippen molar-refractivity contribution in [3.8, 4) is 17.1 Å². The first kappa shape index (κ1) is 21.6. The number of ether oxygens (including phenoxy) is 1. The average molecular weight is 488 g/mol. The molecule has 1 aliphatic heterocycles. The average Bonchev–Trinajstić information content (AvgIpc) is 2.66. The largest absolute Gasteiger partial charge is 0.466 e. The van der Waals surface area contributed by atoms with Gasteiger partial charge in [-0.15, -0.1) is 0 Å². The quantitative estimate of drug-likeness (QED) is 0.656. The molecule has 1 aliphatic carbocycles. The normalized spacial score (nSPS) is 17.5. The van der Waals surface area contributed by atoms with Crippen molar-refractivity contribution in [3.05, 3.63) is 40.4 Å². The summed E-state index contributed by atoms with van der Waals surface area (Å²) in [7, 11) is 1.70. The zero-order chi connectivity index (χ0) is 22.6. The first-order valence-electron chi connectivity index (χ1n) is 10.3. The Balaban J connectivity index is 1.71. The summed E-state index contributed by atoms with van der Waals surface area (Å²) in [5, 5.41) is 9.96. The number of aromatic nitrogens is 1. The van der Waals surface area contributed by atoms with Crippen molar-refractivity contribution in [1.29, 1.82) is 0 Å². The number of hydrogen-bond acceptors (Lipinski definition) is 4. The van der Waals surface area contributed by atoms with Crippen LogP contribution in [0.25, 0.3) is 11.3 Å². The molecule has 0 saturated heterocycles. The van der Waals surface area contributed by atoms with Gasteiger partial charge in [0.25, 0.3) is 5.91 Å². The summed E-state index contributed by atoms with van der Waals surface area (Å²) in [6.45, 7) is 5.78. The molecule has 4 rings (SSSR count). The fourth-order valence-corrected chi connectivity index (χ4v) is 5.11. The number of likely N-dealkylation sites (N-methyl/N-ethyl adjacent to an activating group) is 1. The lowest BCUT2D eigenvalue weighted by molar-refractivity contribution is -0.121. The van der Waals surface area contributed by atoms with Crippen molar-refractivity contribution in [2.75, 3.05) is 18.6 Å². The fourth-order valence-electron chi connectivity index (χ4n) is 4.58. The first-order chi connectivity index (χ1) is 14.5. The van der Waals surface area contributed by atoms with Crippen LogP contribution >= 0.6 is 15.9 Å². The van der Waals surface area contributed by atoms with E-state index in [1.807, 2.05) is 51.1 Å². The molecule has 2 aromatic rings. The second-order valence-corrected chi connectivity index (χ2v) is 9.99. The van der Waals surface area contributed by atoms with Crippen molar-refractivity contribution in [2.45, 2.75) is 51.1 Å². The molecule has 1 N–H and O–H groups in total. The third-order valence-corrected chi connectivity index (χ3v) is 6.76. The molecule has 2 amide bonds. The molecule has 0 bridgehead atoms. The first-order valence-corrected chi connectivity index (χ1v) is 11.1. The standard InChI is InChI=1S/C23H26BrN3O4/c1-22(2,3)27(21(29)30)23(10-5-11-23)15-8-6-14(7-9-15)19-16(24)12-17-20(25-19)31-13-18(28)26(17)4/h6-9,12H,5,10-11,13H2,1-4H3,(H,29,30). The summed E-state index contributed by atoms with van der Waals surface area (Å²) in [6, 6.07) is 9.77. The van der Waals surface area contributed by atoms with Crippen molar-refractivity contribution in [2.24, 2.45) is 0 Å². The Morgan fingerprint density at radius 1 is 1.26 bits per heavy atom. The molecule has 0 radical (unpaired) electrons. The number of carbonyl (C=O) groups excluding carboxylic acids is 1. The summed E-state index contributed by atoms with van der Waals surface area (Å²) in [5.41, 5.74) is 2.20. The van der Waals surface area contributed by atoms with Gasteiger partial charge in [0.1, 0.15) is 5.69 Å². The predicted octanol–water partition coefficient (Wildman–Crippen LogP) is 5.02. The van der Waals surface area contributed by atoms with Gasteiger partial charge in [0.05, 0.1) is 11.2 Å². The van der Waals surface area contributed by atoms with Crippen molar-refractivity contribution < 1.29 is 19.4 Å². The fraction of sp³-hybridized carbons (Fsp3) is 0.435. The highest BCUT2D eigenvalue weighted by atomic mass is 79.9. The SMILES string of the molecule is CN1C(=O)COc2nc(-c3ccc(C4(N(C(=O)O)C(C)(C)C)CCC4)cc3)c(Br)cc21. The highest BCUT2D eigenvalue weighted by Gasteiger charge is 2.50. The molecule has 1 aromatic carbocycles. The van der Waals surface area contributed by atoms with Gasteiger partial charge in [0.2, 0.25) is 5.88 Å². The number of anilines is 1. The summed E-state index contributed by atoms with van der Waals surface area (Å²) in [4.78, 5) is 31.8.